The number of esters is 1. The summed E-state index contributed by atoms with van der Waals surface area (Å²) in [6, 6.07) is 14.4. The highest BCUT2D eigenvalue weighted by atomic mass is 35.5. The summed E-state index contributed by atoms with van der Waals surface area (Å²) in [7, 11) is 1.95. The summed E-state index contributed by atoms with van der Waals surface area (Å²) in [5, 5.41) is 11.6. The normalized spacial score (nSPS) is 16.2. The number of nitrogens with one attached hydrogen (secondary N) is 1. The number of aryl methyl sites for hydroxylation is 3. The topological polar surface area (TPSA) is 73.6 Å². The fraction of sp³-hybridized carbons (Fsp3) is 0.463. The Kier molecular flexibility index (Phi) is 9.67. The monoisotopic (exact) mass is 713 g/mol. The van der Waals surface area contributed by atoms with Crippen molar-refractivity contribution < 1.29 is 18.7 Å². The summed E-state index contributed by atoms with van der Waals surface area (Å²) in [5.41, 5.74) is 5.88. The Balaban J connectivity index is 1.28. The molecule has 0 amide bonds. The van der Waals surface area contributed by atoms with Gasteiger partial charge in [-0.05, 0) is 108 Å². The third-order valence-electron chi connectivity index (χ3n) is 10.6. The summed E-state index contributed by atoms with van der Waals surface area (Å²) in [5.74, 6) is 0.0878. The Morgan fingerprint density at radius 1 is 1.06 bits per heavy atom. The van der Waals surface area contributed by atoms with Crippen LogP contribution in [0.25, 0.3) is 32.8 Å². The highest BCUT2D eigenvalue weighted by Gasteiger charge is 2.43. The van der Waals surface area contributed by atoms with E-state index in [4.69, 9.17) is 26.2 Å². The molecule has 10 heteroatoms. The molecule has 2 aromatic heterocycles. The van der Waals surface area contributed by atoms with Gasteiger partial charge in [-0.1, -0.05) is 29.8 Å². The first-order valence-electron chi connectivity index (χ1n) is 18.2. The number of hydrogen-bond acceptors (Lipinski definition) is 6. The second-order valence-electron chi connectivity index (χ2n) is 15.5. The van der Waals surface area contributed by atoms with Gasteiger partial charge in [0, 0.05) is 72.8 Å². The third-order valence-corrected chi connectivity index (χ3v) is 10.9. The van der Waals surface area contributed by atoms with Gasteiger partial charge in [-0.15, -0.1) is 0 Å². The van der Waals surface area contributed by atoms with Crippen molar-refractivity contribution in [1.82, 2.24) is 24.6 Å². The van der Waals surface area contributed by atoms with Gasteiger partial charge in [0.2, 0.25) is 0 Å². The Morgan fingerprint density at radius 3 is 2.55 bits per heavy atom. The van der Waals surface area contributed by atoms with Crippen molar-refractivity contribution in [3.8, 4) is 16.9 Å². The number of benzene rings is 3. The predicted octanol–water partition coefficient (Wildman–Crippen LogP) is 8.26. The number of carbonyl (C=O) groups is 1. The summed E-state index contributed by atoms with van der Waals surface area (Å²) in [6.45, 7) is 15.9. The van der Waals surface area contributed by atoms with Gasteiger partial charge < -0.3 is 24.3 Å². The van der Waals surface area contributed by atoms with Crippen molar-refractivity contribution in [3.05, 3.63) is 82.0 Å². The van der Waals surface area contributed by atoms with Gasteiger partial charge in [-0.3, -0.25) is 4.68 Å². The molecule has 4 heterocycles. The largest absolute Gasteiger partial charge is 0.493 e. The highest BCUT2D eigenvalue weighted by Crippen LogP contribution is 2.43. The van der Waals surface area contributed by atoms with E-state index in [1.54, 1.807) is 6.07 Å². The number of nitrogens with zero attached hydrogens (tertiary/aromatic N) is 4. The third kappa shape index (κ3) is 7.00. The molecule has 270 valence electrons. The minimum absolute atomic E-state index is 0.276. The maximum Gasteiger partial charge on any atom is 0.355 e. The number of fused-ring (bicyclic) bond motifs is 2. The molecule has 51 heavy (non-hydrogen) atoms. The van der Waals surface area contributed by atoms with Crippen LogP contribution in [0.4, 0.5) is 4.39 Å². The van der Waals surface area contributed by atoms with E-state index in [-0.39, 0.29) is 11.8 Å². The molecular formula is C41H49ClFN5O3. The van der Waals surface area contributed by atoms with Gasteiger partial charge >= 0.3 is 5.97 Å². The SMILES string of the molecule is Cc1nn(C)c(C)c1-c1c(Cl)ccc2c(CCCOc3cccc4cc(F)ccc34)c(C(=O)OC(C)(C)C)n(CCN3CC4(CCCNC4)C3)c12. The molecule has 2 fully saturated rings. The van der Waals surface area contributed by atoms with Gasteiger partial charge in [0.25, 0.3) is 0 Å². The molecular weight excluding hydrogens is 665 g/mol. The Morgan fingerprint density at radius 2 is 1.84 bits per heavy atom. The molecule has 8 nitrogen and oxygen atoms in total. The minimum atomic E-state index is -0.679. The van der Waals surface area contributed by atoms with E-state index < -0.39 is 5.60 Å². The number of carbonyl (C=O) groups excluding carboxylic acids is 1. The second-order valence-corrected chi connectivity index (χ2v) is 15.9. The van der Waals surface area contributed by atoms with Gasteiger partial charge in [-0.2, -0.15) is 5.10 Å². The van der Waals surface area contributed by atoms with Crippen molar-refractivity contribution in [3.63, 3.8) is 0 Å². The summed E-state index contributed by atoms with van der Waals surface area (Å²) >= 11 is 7.13. The first kappa shape index (κ1) is 35.5. The standard InChI is InChI=1S/C41H49ClFN5O3/c1-26-35(27(2)46(6)45-26)36-33(42)16-15-32-31(11-8-21-50-34-12-7-10-28-22-29(43)13-14-30(28)34)38(39(49)51-40(3,4)5)48(37(32)36)20-19-47-24-41(25-47)17-9-18-44-23-41/h7,10,12-16,22,44H,8-9,11,17-21,23-25H2,1-6H3. The smallest absolute Gasteiger partial charge is 0.355 e. The van der Waals surface area contributed by atoms with Crippen molar-refractivity contribution in [2.24, 2.45) is 12.5 Å². The summed E-state index contributed by atoms with van der Waals surface area (Å²) in [4.78, 5) is 16.9. The van der Waals surface area contributed by atoms with E-state index in [1.165, 1.54) is 25.0 Å². The van der Waals surface area contributed by atoms with Crippen molar-refractivity contribution >= 4 is 39.2 Å². The molecule has 0 aliphatic carbocycles. The molecule has 1 N–H and O–H groups in total. The van der Waals surface area contributed by atoms with Gasteiger partial charge in [0.15, 0.2) is 0 Å². The van der Waals surface area contributed by atoms with Crippen LogP contribution in [0.15, 0.2) is 48.5 Å². The number of rotatable bonds is 10. The number of hydrogen-bond donors (Lipinski definition) is 1. The van der Waals surface area contributed by atoms with E-state index in [9.17, 15) is 9.18 Å². The second kappa shape index (κ2) is 13.9. The fourth-order valence-electron chi connectivity index (χ4n) is 8.29. The molecule has 3 aromatic carbocycles. The van der Waals surface area contributed by atoms with Crippen LogP contribution in [-0.4, -0.2) is 70.1 Å². The lowest BCUT2D eigenvalue weighted by atomic mass is 9.74. The van der Waals surface area contributed by atoms with Crippen molar-refractivity contribution in [1.29, 1.82) is 0 Å². The zero-order chi connectivity index (χ0) is 36.1. The molecule has 2 aliphatic rings. The van der Waals surface area contributed by atoms with Crippen LogP contribution >= 0.6 is 11.6 Å². The molecule has 5 aromatic rings. The Labute approximate surface area is 304 Å². The maximum absolute atomic E-state index is 14.4. The van der Waals surface area contributed by atoms with Gasteiger partial charge in [0.1, 0.15) is 22.9 Å². The molecule has 0 bridgehead atoms. The average molecular weight is 714 g/mol. The van der Waals surface area contributed by atoms with Crippen LogP contribution in [0.1, 0.15) is 67.5 Å². The van der Waals surface area contributed by atoms with Crippen LogP contribution in [0, 0.1) is 25.1 Å². The minimum Gasteiger partial charge on any atom is -0.493 e. The zero-order valence-corrected chi connectivity index (χ0v) is 31.4. The molecule has 2 saturated heterocycles. The van der Waals surface area contributed by atoms with E-state index in [1.807, 2.05) is 69.8 Å². The molecule has 1 spiro atoms. The number of piperidine rings is 1. The quantitative estimate of drug-likeness (QED) is 0.116. The first-order chi connectivity index (χ1) is 24.3. The highest BCUT2D eigenvalue weighted by molar-refractivity contribution is 6.35. The van der Waals surface area contributed by atoms with Crippen LogP contribution in [0.3, 0.4) is 0 Å². The zero-order valence-electron chi connectivity index (χ0n) is 30.7. The average Bonchev–Trinajstić information content (AvgIpc) is 3.51. The van der Waals surface area contributed by atoms with Gasteiger partial charge in [0.05, 0.1) is 22.8 Å². The molecule has 0 atom stereocenters. The summed E-state index contributed by atoms with van der Waals surface area (Å²) < 4.78 is 30.4. The van der Waals surface area contributed by atoms with Crippen molar-refractivity contribution in [2.75, 3.05) is 39.3 Å². The fourth-order valence-corrected chi connectivity index (χ4v) is 8.53. The summed E-state index contributed by atoms with van der Waals surface area (Å²) in [6.07, 6.45) is 3.71. The molecule has 0 saturated carbocycles. The number of ether oxygens (including phenoxy) is 2. The van der Waals surface area contributed by atoms with E-state index in [0.717, 1.165) is 82.5 Å². The molecule has 0 unspecified atom stereocenters. The number of likely N-dealkylation sites (tertiary alicyclic amines) is 1. The maximum atomic E-state index is 14.4. The van der Waals surface area contributed by atoms with Gasteiger partial charge in [-0.25, -0.2) is 9.18 Å². The molecule has 0 radical (unpaired) electrons. The van der Waals surface area contributed by atoms with Crippen LogP contribution in [0.2, 0.25) is 5.02 Å². The first-order valence-corrected chi connectivity index (χ1v) is 18.5. The number of aromatic nitrogens is 3. The van der Waals surface area contributed by atoms with E-state index in [2.05, 4.69) is 21.7 Å². The molecule has 7 rings (SSSR count). The van der Waals surface area contributed by atoms with E-state index >= 15 is 0 Å². The lowest BCUT2D eigenvalue weighted by molar-refractivity contribution is -0.0192. The van der Waals surface area contributed by atoms with Crippen LogP contribution < -0.4 is 10.1 Å². The van der Waals surface area contributed by atoms with E-state index in [0.29, 0.717) is 47.9 Å². The number of halogens is 2. The Bertz CT molecular complexity index is 2100. The van der Waals surface area contributed by atoms with Crippen LogP contribution in [-0.2, 0) is 24.8 Å². The lowest BCUT2D eigenvalue weighted by Gasteiger charge is -2.52. The Hall–Kier alpha value is -3.92. The lowest BCUT2D eigenvalue weighted by Crippen LogP contribution is -2.62. The molecule has 2 aliphatic heterocycles. The van der Waals surface area contributed by atoms with Crippen LogP contribution in [0.5, 0.6) is 5.75 Å². The predicted molar refractivity (Wildman–Crippen MR) is 202 cm³/mol. The van der Waals surface area contributed by atoms with Crippen molar-refractivity contribution in [2.45, 2.75) is 72.4 Å².